The van der Waals surface area contributed by atoms with Crippen molar-refractivity contribution >= 4 is 27.5 Å². The van der Waals surface area contributed by atoms with Crippen LogP contribution in [0.1, 0.15) is 32.4 Å². The number of hydrogen-bond donors (Lipinski definition) is 1. The van der Waals surface area contributed by atoms with Gasteiger partial charge in [0.05, 0.1) is 6.04 Å². The number of halogens is 2. The van der Waals surface area contributed by atoms with Crippen LogP contribution in [-0.2, 0) is 0 Å². The molecule has 1 N–H and O–H groups in total. The maximum atomic E-state index is 5.94. The highest BCUT2D eigenvalue weighted by atomic mass is 79.9. The number of hydrogen-bond acceptors (Lipinski definition) is 1. The molecule has 0 radical (unpaired) electrons. The highest BCUT2D eigenvalue weighted by Crippen LogP contribution is 2.28. The zero-order chi connectivity index (χ0) is 12.1. The lowest BCUT2D eigenvalue weighted by Crippen LogP contribution is -2.19. The third kappa shape index (κ3) is 3.93. The molecule has 1 aromatic carbocycles. The fourth-order valence-electron chi connectivity index (χ4n) is 1.57. The van der Waals surface area contributed by atoms with Crippen LogP contribution in [0.15, 0.2) is 34.3 Å². The Hall–Kier alpha value is -0.310. The van der Waals surface area contributed by atoms with Crippen molar-refractivity contribution in [1.82, 2.24) is 5.32 Å². The summed E-state index contributed by atoms with van der Waals surface area (Å²) < 4.78 is 1.04. The van der Waals surface area contributed by atoms with Crippen molar-refractivity contribution in [2.75, 3.05) is 6.54 Å². The standard InChI is InChI=1S/C13H17BrClN/c1-4-16-13(7-9(2)3)11-6-5-10(15)8-12(11)14/h5-8,13,16H,4H2,1-3H3. The molecule has 0 aliphatic heterocycles. The summed E-state index contributed by atoms with van der Waals surface area (Å²) in [4.78, 5) is 0. The Morgan fingerprint density at radius 3 is 2.69 bits per heavy atom. The van der Waals surface area contributed by atoms with Crippen LogP contribution in [0.2, 0.25) is 5.02 Å². The summed E-state index contributed by atoms with van der Waals surface area (Å²) in [6, 6.07) is 6.14. The molecule has 0 aliphatic carbocycles. The first-order valence-electron chi connectivity index (χ1n) is 5.38. The Balaban J connectivity index is 3.05. The Morgan fingerprint density at radius 2 is 2.19 bits per heavy atom. The van der Waals surface area contributed by atoms with E-state index < -0.39 is 0 Å². The zero-order valence-corrected chi connectivity index (χ0v) is 12.2. The van der Waals surface area contributed by atoms with Crippen molar-refractivity contribution in [3.8, 4) is 0 Å². The molecule has 0 spiro atoms. The van der Waals surface area contributed by atoms with Crippen LogP contribution in [0, 0.1) is 0 Å². The van der Waals surface area contributed by atoms with Gasteiger partial charge in [0.1, 0.15) is 0 Å². The molecule has 3 heteroatoms. The number of rotatable bonds is 4. The van der Waals surface area contributed by atoms with Crippen LogP contribution >= 0.6 is 27.5 Å². The lowest BCUT2D eigenvalue weighted by atomic mass is 10.0. The van der Waals surface area contributed by atoms with Gasteiger partial charge >= 0.3 is 0 Å². The number of allylic oxidation sites excluding steroid dienone is 1. The second-order valence-electron chi connectivity index (χ2n) is 3.95. The van der Waals surface area contributed by atoms with Crippen LogP contribution in [0.3, 0.4) is 0 Å². The van der Waals surface area contributed by atoms with Crippen molar-refractivity contribution < 1.29 is 0 Å². The molecule has 16 heavy (non-hydrogen) atoms. The Kier molecular flexibility index (Phi) is 5.53. The first kappa shape index (κ1) is 13.8. The van der Waals surface area contributed by atoms with Gasteiger partial charge in [-0.05, 0) is 38.1 Å². The maximum Gasteiger partial charge on any atom is 0.0519 e. The average Bonchev–Trinajstić information content (AvgIpc) is 2.16. The first-order valence-corrected chi connectivity index (χ1v) is 6.55. The number of benzene rings is 1. The normalized spacial score (nSPS) is 12.3. The van der Waals surface area contributed by atoms with Gasteiger partial charge in [-0.3, -0.25) is 0 Å². The Morgan fingerprint density at radius 1 is 1.50 bits per heavy atom. The maximum absolute atomic E-state index is 5.94. The van der Waals surface area contributed by atoms with Crippen molar-refractivity contribution in [3.63, 3.8) is 0 Å². The lowest BCUT2D eigenvalue weighted by molar-refractivity contribution is 0.642. The van der Waals surface area contributed by atoms with Crippen LogP contribution in [0.25, 0.3) is 0 Å². The molecule has 0 amide bonds. The zero-order valence-electron chi connectivity index (χ0n) is 9.85. The molecule has 1 unspecified atom stereocenters. The largest absolute Gasteiger partial charge is 0.307 e. The molecule has 0 saturated carbocycles. The molecule has 0 aromatic heterocycles. The van der Waals surface area contributed by atoms with E-state index in [1.807, 2.05) is 12.1 Å². The Bertz CT molecular complexity index is 384. The smallest absolute Gasteiger partial charge is 0.0519 e. The van der Waals surface area contributed by atoms with Gasteiger partial charge in [-0.2, -0.15) is 0 Å². The fraction of sp³-hybridized carbons (Fsp3) is 0.385. The summed E-state index contributed by atoms with van der Waals surface area (Å²) in [5.41, 5.74) is 2.51. The van der Waals surface area contributed by atoms with Gasteiger partial charge in [-0.25, -0.2) is 0 Å². The molecule has 88 valence electrons. The van der Waals surface area contributed by atoms with Gasteiger partial charge in [0.25, 0.3) is 0 Å². The van der Waals surface area contributed by atoms with Crippen LogP contribution in [0.4, 0.5) is 0 Å². The first-order chi connectivity index (χ1) is 7.54. The number of likely N-dealkylation sites (N-methyl/N-ethyl adjacent to an activating group) is 1. The van der Waals surface area contributed by atoms with Crippen molar-refractivity contribution in [2.45, 2.75) is 26.8 Å². The fourth-order valence-corrected chi connectivity index (χ4v) is 2.49. The predicted molar refractivity (Wildman–Crippen MR) is 75.0 cm³/mol. The van der Waals surface area contributed by atoms with Gasteiger partial charge < -0.3 is 5.32 Å². The summed E-state index contributed by atoms with van der Waals surface area (Å²) in [6.45, 7) is 7.25. The van der Waals surface area contributed by atoms with E-state index in [0.29, 0.717) is 0 Å². The van der Waals surface area contributed by atoms with Crippen molar-refractivity contribution in [2.24, 2.45) is 0 Å². The predicted octanol–water partition coefficient (Wildman–Crippen LogP) is 4.72. The Labute approximate surface area is 111 Å². The summed E-state index contributed by atoms with van der Waals surface area (Å²) in [6.07, 6.45) is 2.22. The molecule has 0 fully saturated rings. The van der Waals surface area contributed by atoms with E-state index in [2.05, 4.69) is 54.2 Å². The van der Waals surface area contributed by atoms with Crippen LogP contribution in [0.5, 0.6) is 0 Å². The van der Waals surface area contributed by atoms with E-state index in [1.165, 1.54) is 11.1 Å². The summed E-state index contributed by atoms with van der Waals surface area (Å²) in [7, 11) is 0. The molecule has 0 bridgehead atoms. The lowest BCUT2D eigenvalue weighted by Gasteiger charge is -2.17. The molecule has 0 aliphatic rings. The number of nitrogens with one attached hydrogen (secondary N) is 1. The van der Waals surface area contributed by atoms with E-state index in [0.717, 1.165) is 16.0 Å². The third-order valence-electron chi connectivity index (χ3n) is 2.22. The van der Waals surface area contributed by atoms with Crippen LogP contribution < -0.4 is 5.32 Å². The molecule has 0 saturated heterocycles. The van der Waals surface area contributed by atoms with Gasteiger partial charge in [0, 0.05) is 9.50 Å². The monoisotopic (exact) mass is 301 g/mol. The third-order valence-corrected chi connectivity index (χ3v) is 3.14. The van der Waals surface area contributed by atoms with E-state index in [9.17, 15) is 0 Å². The summed E-state index contributed by atoms with van der Waals surface area (Å²) in [5.74, 6) is 0. The SMILES string of the molecule is CCNC(C=C(C)C)c1ccc(Cl)cc1Br. The van der Waals surface area contributed by atoms with Crippen molar-refractivity contribution in [1.29, 1.82) is 0 Å². The van der Waals surface area contributed by atoms with Gasteiger partial charge in [-0.15, -0.1) is 0 Å². The van der Waals surface area contributed by atoms with E-state index >= 15 is 0 Å². The molecule has 0 heterocycles. The molecule has 1 atom stereocenters. The second-order valence-corrected chi connectivity index (χ2v) is 5.24. The highest BCUT2D eigenvalue weighted by molar-refractivity contribution is 9.10. The van der Waals surface area contributed by atoms with E-state index in [4.69, 9.17) is 11.6 Å². The minimum Gasteiger partial charge on any atom is -0.307 e. The molecule has 1 rings (SSSR count). The minimum absolute atomic E-state index is 0.238. The highest BCUT2D eigenvalue weighted by Gasteiger charge is 2.10. The quantitative estimate of drug-likeness (QED) is 0.794. The summed E-state index contributed by atoms with van der Waals surface area (Å²) >= 11 is 9.49. The summed E-state index contributed by atoms with van der Waals surface area (Å²) in [5, 5.41) is 4.19. The minimum atomic E-state index is 0.238. The van der Waals surface area contributed by atoms with E-state index in [-0.39, 0.29) is 6.04 Å². The molecule has 1 nitrogen and oxygen atoms in total. The van der Waals surface area contributed by atoms with Gasteiger partial charge in [-0.1, -0.05) is 52.2 Å². The van der Waals surface area contributed by atoms with Gasteiger partial charge in [0.2, 0.25) is 0 Å². The van der Waals surface area contributed by atoms with Crippen LogP contribution in [-0.4, -0.2) is 6.54 Å². The van der Waals surface area contributed by atoms with Gasteiger partial charge in [0.15, 0.2) is 0 Å². The van der Waals surface area contributed by atoms with E-state index in [1.54, 1.807) is 0 Å². The second kappa shape index (κ2) is 6.43. The van der Waals surface area contributed by atoms with Crippen molar-refractivity contribution in [3.05, 3.63) is 44.9 Å². The average molecular weight is 303 g/mol. The molecule has 1 aromatic rings. The topological polar surface area (TPSA) is 12.0 Å². The molecular weight excluding hydrogens is 286 g/mol. The molecular formula is C13H17BrClN.